The largest absolute Gasteiger partial charge is 0.385 e. The van der Waals surface area contributed by atoms with Crippen molar-refractivity contribution in [3.8, 4) is 6.07 Å². The number of rotatable bonds is 4. The highest BCUT2D eigenvalue weighted by molar-refractivity contribution is 6.07. The first-order valence-corrected chi connectivity index (χ1v) is 6.69. The van der Waals surface area contributed by atoms with Crippen LogP contribution in [0.1, 0.15) is 21.5 Å². The van der Waals surface area contributed by atoms with Crippen molar-refractivity contribution in [2.75, 3.05) is 12.4 Å². The average molecular weight is 290 g/mol. The number of ketones is 1. The van der Waals surface area contributed by atoms with Gasteiger partial charge in [-0.3, -0.25) is 9.59 Å². The number of nitrogens with zero attached hydrogens (tertiary/aromatic N) is 1. The Hall–Kier alpha value is -3.19. The Balaban J connectivity index is 2.29. The topological polar surface area (TPSA) is 70.0 Å². The summed E-state index contributed by atoms with van der Waals surface area (Å²) in [7, 11) is 1.64. The summed E-state index contributed by atoms with van der Waals surface area (Å²) in [6, 6.07) is 15.4. The van der Waals surface area contributed by atoms with Gasteiger partial charge in [-0.05, 0) is 35.9 Å². The van der Waals surface area contributed by atoms with E-state index < -0.39 is 0 Å². The Kier molecular flexibility index (Phi) is 4.84. The molecule has 0 aromatic heterocycles. The van der Waals surface area contributed by atoms with Gasteiger partial charge in [0.15, 0.2) is 5.78 Å². The van der Waals surface area contributed by atoms with Crippen LogP contribution < -0.4 is 10.7 Å². The Morgan fingerprint density at radius 1 is 1.14 bits per heavy atom. The second-order valence-corrected chi connectivity index (χ2v) is 4.56. The molecule has 0 aliphatic carbocycles. The molecule has 108 valence electrons. The molecule has 0 saturated carbocycles. The molecule has 2 aromatic rings. The lowest BCUT2D eigenvalue weighted by molar-refractivity contribution is 0.104. The fraction of sp³-hybridized carbons (Fsp3) is 0.0556. The van der Waals surface area contributed by atoms with Crippen LogP contribution in [0.4, 0.5) is 5.69 Å². The van der Waals surface area contributed by atoms with Gasteiger partial charge >= 0.3 is 0 Å². The molecule has 2 rings (SSSR count). The summed E-state index contributed by atoms with van der Waals surface area (Å²) in [4.78, 5) is 24.4. The summed E-state index contributed by atoms with van der Waals surface area (Å²) in [5.74, 6) is -0.359. The number of nitrogens with one attached hydrogen (secondary N) is 1. The smallest absolute Gasteiger partial charge is 0.212 e. The van der Waals surface area contributed by atoms with Crippen molar-refractivity contribution < 1.29 is 4.79 Å². The maximum atomic E-state index is 12.2. The third-order valence-corrected chi connectivity index (χ3v) is 3.13. The van der Waals surface area contributed by atoms with E-state index in [4.69, 9.17) is 5.26 Å². The summed E-state index contributed by atoms with van der Waals surface area (Å²) in [6.45, 7) is 0. The van der Waals surface area contributed by atoms with Crippen molar-refractivity contribution >= 4 is 17.5 Å². The van der Waals surface area contributed by atoms with Gasteiger partial charge in [0.2, 0.25) is 5.43 Å². The van der Waals surface area contributed by atoms with E-state index in [2.05, 4.69) is 5.32 Å². The number of anilines is 1. The van der Waals surface area contributed by atoms with Gasteiger partial charge in [0.25, 0.3) is 0 Å². The minimum Gasteiger partial charge on any atom is -0.385 e. The van der Waals surface area contributed by atoms with Gasteiger partial charge in [0.05, 0.1) is 22.9 Å². The van der Waals surface area contributed by atoms with Crippen molar-refractivity contribution in [1.29, 1.82) is 5.26 Å². The molecule has 1 N–H and O–H groups in total. The molecule has 2 aromatic carbocycles. The van der Waals surface area contributed by atoms with E-state index in [-0.39, 0.29) is 16.8 Å². The molecule has 0 saturated heterocycles. The van der Waals surface area contributed by atoms with Crippen LogP contribution in [0.3, 0.4) is 0 Å². The Morgan fingerprint density at radius 2 is 1.82 bits per heavy atom. The Bertz CT molecular complexity index is 816. The van der Waals surface area contributed by atoms with Crippen molar-refractivity contribution in [2.45, 2.75) is 0 Å². The second kappa shape index (κ2) is 7.00. The maximum Gasteiger partial charge on any atom is 0.212 e. The van der Waals surface area contributed by atoms with Crippen molar-refractivity contribution in [3.63, 3.8) is 0 Å². The predicted molar refractivity (Wildman–Crippen MR) is 86.8 cm³/mol. The van der Waals surface area contributed by atoms with Crippen LogP contribution in [0.25, 0.3) is 6.08 Å². The minimum atomic E-state index is -0.359. The minimum absolute atomic E-state index is 0.110. The second-order valence-electron chi connectivity index (χ2n) is 4.56. The van der Waals surface area contributed by atoms with Crippen LogP contribution in [-0.2, 0) is 0 Å². The van der Waals surface area contributed by atoms with Gasteiger partial charge in [-0.2, -0.15) is 5.26 Å². The number of hydrogen-bond acceptors (Lipinski definition) is 4. The molecule has 0 bridgehead atoms. The van der Waals surface area contributed by atoms with Gasteiger partial charge in [-0.1, -0.05) is 30.3 Å². The molecular weight excluding hydrogens is 276 g/mol. The Labute approximate surface area is 128 Å². The van der Waals surface area contributed by atoms with Crippen LogP contribution in [0.5, 0.6) is 0 Å². The van der Waals surface area contributed by atoms with Crippen molar-refractivity contribution in [2.24, 2.45) is 0 Å². The van der Waals surface area contributed by atoms with E-state index >= 15 is 0 Å². The molecule has 4 heteroatoms. The molecule has 0 unspecified atom stereocenters. The first kappa shape index (κ1) is 15.2. The summed E-state index contributed by atoms with van der Waals surface area (Å²) < 4.78 is 0. The molecule has 4 nitrogen and oxygen atoms in total. The molecule has 0 fully saturated rings. The van der Waals surface area contributed by atoms with Gasteiger partial charge in [-0.25, -0.2) is 0 Å². The number of hydrogen-bond donors (Lipinski definition) is 1. The first-order valence-electron chi connectivity index (χ1n) is 6.69. The SMILES string of the molecule is CNc1ccccc(C(=O)C=Cc2ccc(C#N)cc2)c1=O. The molecule has 0 aliphatic rings. The maximum absolute atomic E-state index is 12.2. The lowest BCUT2D eigenvalue weighted by Gasteiger charge is -1.96. The lowest BCUT2D eigenvalue weighted by Crippen LogP contribution is -2.14. The van der Waals surface area contributed by atoms with E-state index in [1.54, 1.807) is 55.6 Å². The zero-order valence-corrected chi connectivity index (χ0v) is 12.0. The van der Waals surface area contributed by atoms with Crippen LogP contribution in [0.15, 0.2) is 59.4 Å². The zero-order chi connectivity index (χ0) is 15.9. The normalized spacial score (nSPS) is 10.2. The van der Waals surface area contributed by atoms with Crippen LogP contribution in [0.2, 0.25) is 0 Å². The molecule has 0 spiro atoms. The van der Waals surface area contributed by atoms with Crippen LogP contribution in [-0.4, -0.2) is 12.8 Å². The van der Waals surface area contributed by atoms with Crippen LogP contribution in [0, 0.1) is 11.3 Å². The molecule has 0 heterocycles. The number of benzene rings is 1. The van der Waals surface area contributed by atoms with Crippen LogP contribution >= 0.6 is 0 Å². The fourth-order valence-electron chi connectivity index (χ4n) is 1.92. The standard InChI is InChI=1S/C18H14N2O2/c1-20-16-5-3-2-4-15(18(16)22)17(21)11-10-13-6-8-14(12-19)9-7-13/h2-11H,1H3,(H,20,22). The average Bonchev–Trinajstić information content (AvgIpc) is 2.74. The van der Waals surface area contributed by atoms with E-state index in [1.807, 2.05) is 6.07 Å². The molecule has 0 aliphatic heterocycles. The van der Waals surface area contributed by atoms with Gasteiger partial charge in [0, 0.05) is 7.05 Å². The highest BCUT2D eigenvalue weighted by Gasteiger charge is 2.08. The first-order chi connectivity index (χ1) is 10.7. The summed E-state index contributed by atoms with van der Waals surface area (Å²) in [5.41, 5.74) is 1.49. The molecule has 0 amide bonds. The van der Waals surface area contributed by atoms with E-state index in [1.165, 1.54) is 12.1 Å². The molecule has 22 heavy (non-hydrogen) atoms. The van der Waals surface area contributed by atoms with E-state index in [0.717, 1.165) is 5.56 Å². The highest BCUT2D eigenvalue weighted by atomic mass is 16.1. The number of carbonyl (C=O) groups excluding carboxylic acids is 1. The lowest BCUT2D eigenvalue weighted by atomic mass is 10.1. The number of nitriles is 1. The quantitative estimate of drug-likeness (QED) is 0.694. The Morgan fingerprint density at radius 3 is 2.45 bits per heavy atom. The highest BCUT2D eigenvalue weighted by Crippen LogP contribution is 2.07. The van der Waals surface area contributed by atoms with Gasteiger partial charge in [0.1, 0.15) is 0 Å². The molecule has 0 radical (unpaired) electrons. The third-order valence-electron chi connectivity index (χ3n) is 3.13. The zero-order valence-electron chi connectivity index (χ0n) is 12.0. The summed E-state index contributed by atoms with van der Waals surface area (Å²) >= 11 is 0. The molecular formula is C18H14N2O2. The van der Waals surface area contributed by atoms with Crippen molar-refractivity contribution in [3.05, 3.63) is 81.5 Å². The monoisotopic (exact) mass is 290 g/mol. The van der Waals surface area contributed by atoms with Crippen molar-refractivity contribution in [1.82, 2.24) is 0 Å². The van der Waals surface area contributed by atoms with E-state index in [0.29, 0.717) is 11.3 Å². The fourth-order valence-corrected chi connectivity index (χ4v) is 1.92. The number of allylic oxidation sites excluding steroid dienone is 1. The predicted octanol–water partition coefficient (Wildman–Crippen LogP) is 2.86. The van der Waals surface area contributed by atoms with E-state index in [9.17, 15) is 9.59 Å². The van der Waals surface area contributed by atoms with Gasteiger partial charge in [-0.15, -0.1) is 0 Å². The number of carbonyl (C=O) groups is 1. The molecule has 0 atom stereocenters. The summed E-state index contributed by atoms with van der Waals surface area (Å²) in [5, 5.41) is 11.5. The van der Waals surface area contributed by atoms with Gasteiger partial charge < -0.3 is 5.32 Å². The summed E-state index contributed by atoms with van der Waals surface area (Å²) in [6.07, 6.45) is 2.98. The third kappa shape index (κ3) is 3.47.